The zero-order valence-electron chi connectivity index (χ0n) is 13.5. The van der Waals surface area contributed by atoms with E-state index in [0.717, 1.165) is 19.3 Å². The van der Waals surface area contributed by atoms with Crippen LogP contribution in [0.4, 0.5) is 0 Å². The van der Waals surface area contributed by atoms with Crippen molar-refractivity contribution in [2.24, 2.45) is 0 Å². The molecular formula is C17H30OS. The Morgan fingerprint density at radius 2 is 1.63 bits per heavy atom. The van der Waals surface area contributed by atoms with Gasteiger partial charge in [-0.15, -0.1) is 0 Å². The van der Waals surface area contributed by atoms with E-state index in [1.165, 1.54) is 22.9 Å². The van der Waals surface area contributed by atoms with Gasteiger partial charge in [0.25, 0.3) is 0 Å². The van der Waals surface area contributed by atoms with Gasteiger partial charge in [0.1, 0.15) is 0 Å². The van der Waals surface area contributed by atoms with Gasteiger partial charge < -0.3 is 0 Å². The van der Waals surface area contributed by atoms with E-state index < -0.39 is 0 Å². The minimum absolute atomic E-state index is 0.305. The van der Waals surface area contributed by atoms with Crippen LogP contribution in [0, 0.1) is 6.92 Å². The number of carbonyl (C=O) groups is 1. The van der Waals surface area contributed by atoms with Crippen molar-refractivity contribution in [1.82, 2.24) is 0 Å². The topological polar surface area (TPSA) is 17.1 Å². The maximum absolute atomic E-state index is 11.1. The fraction of sp³-hybridized carbons (Fsp3) is 0.588. The zero-order valence-corrected chi connectivity index (χ0v) is 14.3. The van der Waals surface area contributed by atoms with Crippen molar-refractivity contribution in [2.45, 2.75) is 60.3 Å². The number of unbranched alkanes of at least 4 members (excludes halogenated alkanes) is 1. The van der Waals surface area contributed by atoms with Crippen molar-refractivity contribution in [3.05, 3.63) is 35.4 Å². The first-order chi connectivity index (χ1) is 9.24. The highest BCUT2D eigenvalue weighted by Gasteiger charge is 2.00. The normalized spacial score (nSPS) is 8.74. The van der Waals surface area contributed by atoms with Crippen molar-refractivity contribution in [2.75, 3.05) is 6.26 Å². The van der Waals surface area contributed by atoms with Gasteiger partial charge in [-0.1, -0.05) is 63.7 Å². The molecule has 0 heterocycles. The Morgan fingerprint density at radius 1 is 1.05 bits per heavy atom. The molecule has 110 valence electrons. The van der Waals surface area contributed by atoms with E-state index in [1.54, 1.807) is 0 Å². The number of benzene rings is 1. The van der Waals surface area contributed by atoms with Crippen molar-refractivity contribution in [3.63, 3.8) is 0 Å². The molecule has 1 nitrogen and oxygen atoms in total. The fourth-order valence-corrected chi connectivity index (χ4v) is 1.93. The summed E-state index contributed by atoms with van der Waals surface area (Å²) in [5.74, 6) is 0. The Morgan fingerprint density at radius 3 is 2.16 bits per heavy atom. The highest BCUT2D eigenvalue weighted by atomic mass is 32.2. The molecule has 0 saturated carbocycles. The van der Waals surface area contributed by atoms with Crippen molar-refractivity contribution in [3.8, 4) is 0 Å². The van der Waals surface area contributed by atoms with Crippen LogP contribution in [0.15, 0.2) is 24.3 Å². The molecular weight excluding hydrogens is 252 g/mol. The van der Waals surface area contributed by atoms with Crippen LogP contribution in [0.2, 0.25) is 0 Å². The molecule has 1 aromatic rings. The first-order valence-corrected chi connectivity index (χ1v) is 8.58. The second kappa shape index (κ2) is 15.3. The predicted molar refractivity (Wildman–Crippen MR) is 90.0 cm³/mol. The van der Waals surface area contributed by atoms with Crippen molar-refractivity contribution >= 4 is 16.9 Å². The van der Waals surface area contributed by atoms with Crippen LogP contribution < -0.4 is 0 Å². The van der Waals surface area contributed by atoms with Gasteiger partial charge in [-0.25, -0.2) is 0 Å². The minimum Gasteiger partial charge on any atom is -0.287 e. The lowest BCUT2D eigenvalue weighted by Crippen LogP contribution is -1.93. The van der Waals surface area contributed by atoms with E-state index in [1.807, 2.05) is 34.0 Å². The predicted octanol–water partition coefficient (Wildman–Crippen LogP) is 5.65. The summed E-state index contributed by atoms with van der Waals surface area (Å²) in [5.41, 5.74) is 2.77. The molecule has 0 spiro atoms. The molecule has 0 radical (unpaired) electrons. The second-order valence-corrected chi connectivity index (χ2v) is 4.57. The van der Waals surface area contributed by atoms with E-state index in [4.69, 9.17) is 0 Å². The number of hydrogen-bond acceptors (Lipinski definition) is 2. The Kier molecular flexibility index (Phi) is 16.6. The highest BCUT2D eigenvalue weighted by molar-refractivity contribution is 8.13. The second-order valence-electron chi connectivity index (χ2n) is 3.71. The SMILES string of the molecule is CC.CC.CSC(=O)CCCCc1ccccc1C. The molecule has 2 heteroatoms. The van der Waals surface area contributed by atoms with Crippen LogP contribution in [0.3, 0.4) is 0 Å². The Bertz CT molecular complexity index is 321. The lowest BCUT2D eigenvalue weighted by molar-refractivity contribution is -0.111. The van der Waals surface area contributed by atoms with E-state index in [0.29, 0.717) is 11.5 Å². The monoisotopic (exact) mass is 282 g/mol. The van der Waals surface area contributed by atoms with E-state index in [2.05, 4.69) is 31.2 Å². The standard InChI is InChI=1S/C13H18OS.2C2H6/c1-11-7-3-4-8-12(11)9-5-6-10-13(14)15-2;2*1-2/h3-4,7-8H,5-6,9-10H2,1-2H3;2*1-2H3. The van der Waals surface area contributed by atoms with E-state index in [-0.39, 0.29) is 0 Å². The van der Waals surface area contributed by atoms with Crippen LogP contribution in [0.25, 0.3) is 0 Å². The molecule has 0 N–H and O–H groups in total. The molecule has 0 saturated heterocycles. The molecule has 0 aliphatic carbocycles. The summed E-state index contributed by atoms with van der Waals surface area (Å²) in [6, 6.07) is 8.46. The van der Waals surface area contributed by atoms with Crippen molar-refractivity contribution < 1.29 is 4.79 Å². The average Bonchev–Trinajstić information content (AvgIpc) is 2.49. The Labute approximate surface area is 124 Å². The van der Waals surface area contributed by atoms with Gasteiger partial charge in [0.2, 0.25) is 0 Å². The third-order valence-electron chi connectivity index (χ3n) is 2.57. The molecule has 0 aliphatic heterocycles. The van der Waals surface area contributed by atoms with Gasteiger partial charge in [-0.2, -0.15) is 0 Å². The number of carbonyl (C=O) groups excluding carboxylic acids is 1. The van der Waals surface area contributed by atoms with Gasteiger partial charge in [0.15, 0.2) is 5.12 Å². The van der Waals surface area contributed by atoms with E-state index in [9.17, 15) is 4.79 Å². The van der Waals surface area contributed by atoms with Gasteiger partial charge in [-0.05, 0) is 43.6 Å². The Hall–Kier alpha value is -0.760. The maximum Gasteiger partial charge on any atom is 0.188 e. The van der Waals surface area contributed by atoms with Crippen molar-refractivity contribution in [1.29, 1.82) is 0 Å². The summed E-state index contributed by atoms with van der Waals surface area (Å²) in [7, 11) is 0. The number of aryl methyl sites for hydroxylation is 2. The number of thioether (sulfide) groups is 1. The molecule has 0 aromatic heterocycles. The summed E-state index contributed by atoms with van der Waals surface area (Å²) < 4.78 is 0. The van der Waals surface area contributed by atoms with Gasteiger partial charge in [-0.3, -0.25) is 4.79 Å². The third-order valence-corrected chi connectivity index (χ3v) is 3.23. The van der Waals surface area contributed by atoms with E-state index >= 15 is 0 Å². The molecule has 19 heavy (non-hydrogen) atoms. The van der Waals surface area contributed by atoms with Gasteiger partial charge >= 0.3 is 0 Å². The summed E-state index contributed by atoms with van der Waals surface area (Å²) in [4.78, 5) is 11.1. The molecule has 0 fully saturated rings. The number of rotatable bonds is 5. The largest absolute Gasteiger partial charge is 0.287 e. The molecule has 1 aromatic carbocycles. The first kappa shape index (κ1) is 20.6. The summed E-state index contributed by atoms with van der Waals surface area (Å²) >= 11 is 1.34. The molecule has 0 unspecified atom stereocenters. The minimum atomic E-state index is 0.305. The van der Waals surface area contributed by atoms with Gasteiger partial charge in [0, 0.05) is 6.42 Å². The molecule has 0 atom stereocenters. The number of hydrogen-bond donors (Lipinski definition) is 0. The average molecular weight is 282 g/mol. The van der Waals surface area contributed by atoms with Crippen LogP contribution in [0.5, 0.6) is 0 Å². The quantitative estimate of drug-likeness (QED) is 0.649. The third kappa shape index (κ3) is 10.8. The van der Waals surface area contributed by atoms with Crippen LogP contribution in [-0.2, 0) is 11.2 Å². The lowest BCUT2D eigenvalue weighted by atomic mass is 10.0. The zero-order chi connectivity index (χ0) is 15.1. The van der Waals surface area contributed by atoms with Gasteiger partial charge in [0.05, 0.1) is 0 Å². The maximum atomic E-state index is 11.1. The molecule has 0 bridgehead atoms. The highest BCUT2D eigenvalue weighted by Crippen LogP contribution is 2.12. The molecule has 1 rings (SSSR count). The van der Waals surface area contributed by atoms with Crippen LogP contribution >= 0.6 is 11.8 Å². The lowest BCUT2D eigenvalue weighted by Gasteiger charge is -2.04. The fourth-order valence-electron chi connectivity index (χ4n) is 1.58. The summed E-state index contributed by atoms with van der Waals surface area (Å²) in [6.45, 7) is 10.1. The summed E-state index contributed by atoms with van der Waals surface area (Å²) in [6.07, 6.45) is 5.77. The summed E-state index contributed by atoms with van der Waals surface area (Å²) in [5, 5.41) is 0.305. The Balaban J connectivity index is 0. The van der Waals surface area contributed by atoms with Crippen LogP contribution in [0.1, 0.15) is 58.1 Å². The van der Waals surface area contributed by atoms with Crippen LogP contribution in [-0.4, -0.2) is 11.4 Å². The molecule has 0 amide bonds. The molecule has 0 aliphatic rings. The smallest absolute Gasteiger partial charge is 0.188 e. The first-order valence-electron chi connectivity index (χ1n) is 7.35.